The van der Waals surface area contributed by atoms with Crippen molar-refractivity contribution in [2.24, 2.45) is 0 Å². The number of nitrogens with zero attached hydrogens (tertiary/aromatic N) is 2. The second kappa shape index (κ2) is 3.81. The fraction of sp³-hybridized carbons (Fsp3) is 0.167. The van der Waals surface area contributed by atoms with Crippen LogP contribution >= 0.6 is 0 Å². The molecule has 0 aliphatic rings. The lowest BCUT2D eigenvalue weighted by molar-refractivity contribution is 0.0691. The zero-order chi connectivity index (χ0) is 11.7. The first-order valence-electron chi connectivity index (χ1n) is 4.93. The highest BCUT2D eigenvalue weighted by atomic mass is 16.4. The summed E-state index contributed by atoms with van der Waals surface area (Å²) in [6, 6.07) is 5.95. The van der Waals surface area contributed by atoms with Crippen molar-refractivity contribution >= 4 is 5.97 Å². The molecule has 4 nitrogen and oxygen atoms in total. The Bertz CT molecular complexity index is 523. The summed E-state index contributed by atoms with van der Waals surface area (Å²) in [6.07, 6.45) is 3.05. The Morgan fingerprint density at radius 1 is 1.31 bits per heavy atom. The van der Waals surface area contributed by atoms with E-state index in [2.05, 4.69) is 4.98 Å². The maximum absolute atomic E-state index is 10.7. The van der Waals surface area contributed by atoms with Gasteiger partial charge in [-0.1, -0.05) is 18.2 Å². The van der Waals surface area contributed by atoms with Crippen molar-refractivity contribution in [3.05, 3.63) is 47.5 Å². The number of para-hydroxylation sites is 1. The van der Waals surface area contributed by atoms with Gasteiger partial charge in [-0.15, -0.1) is 0 Å². The molecule has 4 heteroatoms. The second-order valence-corrected chi connectivity index (χ2v) is 3.71. The van der Waals surface area contributed by atoms with Crippen molar-refractivity contribution in [2.75, 3.05) is 0 Å². The van der Waals surface area contributed by atoms with Crippen molar-refractivity contribution in [3.8, 4) is 5.69 Å². The van der Waals surface area contributed by atoms with Gasteiger partial charge in [-0.05, 0) is 25.0 Å². The highest BCUT2D eigenvalue weighted by Gasteiger charge is 2.10. The topological polar surface area (TPSA) is 55.1 Å². The molecule has 0 aliphatic carbocycles. The summed E-state index contributed by atoms with van der Waals surface area (Å²) in [7, 11) is 0. The minimum atomic E-state index is -1.01. The quantitative estimate of drug-likeness (QED) is 0.837. The molecular formula is C12H12N2O2. The molecule has 0 amide bonds. The third-order valence-electron chi connectivity index (χ3n) is 2.50. The summed E-state index contributed by atoms with van der Waals surface area (Å²) in [6.45, 7) is 3.98. The number of carbonyl (C=O) groups is 1. The van der Waals surface area contributed by atoms with Gasteiger partial charge >= 0.3 is 5.97 Å². The number of rotatable bonds is 2. The smallest absolute Gasteiger partial charge is 0.356 e. The van der Waals surface area contributed by atoms with Crippen LogP contribution in [0.5, 0.6) is 0 Å². The van der Waals surface area contributed by atoms with Crippen molar-refractivity contribution in [2.45, 2.75) is 13.8 Å². The third-order valence-corrected chi connectivity index (χ3v) is 2.50. The maximum atomic E-state index is 10.7. The molecule has 0 fully saturated rings. The zero-order valence-electron chi connectivity index (χ0n) is 9.14. The van der Waals surface area contributed by atoms with Crippen molar-refractivity contribution in [1.29, 1.82) is 0 Å². The van der Waals surface area contributed by atoms with Gasteiger partial charge in [0.1, 0.15) is 6.33 Å². The lowest BCUT2D eigenvalue weighted by Gasteiger charge is -2.09. The van der Waals surface area contributed by atoms with Crippen LogP contribution in [0.25, 0.3) is 5.69 Å². The molecule has 1 aromatic heterocycles. The summed E-state index contributed by atoms with van der Waals surface area (Å²) in [5.41, 5.74) is 3.23. The molecule has 2 aromatic rings. The zero-order valence-corrected chi connectivity index (χ0v) is 9.14. The largest absolute Gasteiger partial charge is 0.476 e. The van der Waals surface area contributed by atoms with Crippen molar-refractivity contribution < 1.29 is 9.90 Å². The number of hydrogen-bond donors (Lipinski definition) is 1. The first-order valence-corrected chi connectivity index (χ1v) is 4.93. The lowest BCUT2D eigenvalue weighted by atomic mass is 10.1. The minimum Gasteiger partial charge on any atom is -0.476 e. The summed E-state index contributed by atoms with van der Waals surface area (Å²) in [5, 5.41) is 8.81. The Labute approximate surface area is 93.2 Å². The van der Waals surface area contributed by atoms with Gasteiger partial charge in [0.2, 0.25) is 0 Å². The monoisotopic (exact) mass is 216 g/mol. The number of aromatic nitrogens is 2. The van der Waals surface area contributed by atoms with Gasteiger partial charge in [0.05, 0.1) is 5.69 Å². The molecule has 0 unspecified atom stereocenters. The summed E-state index contributed by atoms with van der Waals surface area (Å²) in [5.74, 6) is -1.01. The van der Waals surface area contributed by atoms with E-state index in [0.29, 0.717) is 0 Å². The van der Waals surface area contributed by atoms with E-state index in [1.807, 2.05) is 32.0 Å². The third kappa shape index (κ3) is 1.69. The van der Waals surface area contributed by atoms with Crippen molar-refractivity contribution in [3.63, 3.8) is 0 Å². The Balaban J connectivity index is 2.54. The summed E-state index contributed by atoms with van der Waals surface area (Å²) < 4.78 is 1.74. The van der Waals surface area contributed by atoms with E-state index < -0.39 is 5.97 Å². The fourth-order valence-electron chi connectivity index (χ4n) is 1.77. The highest BCUT2D eigenvalue weighted by molar-refractivity contribution is 5.85. The average Bonchev–Trinajstić information content (AvgIpc) is 2.66. The normalized spacial score (nSPS) is 10.4. The lowest BCUT2D eigenvalue weighted by Crippen LogP contribution is -1.98. The molecule has 82 valence electrons. The standard InChI is InChI=1S/C12H12N2O2/c1-8-4-3-5-9(2)11(8)14-6-10(12(15)16)13-7-14/h3-7H,1-2H3,(H,15,16). The first-order chi connectivity index (χ1) is 7.59. The molecule has 1 heterocycles. The molecule has 1 N–H and O–H groups in total. The average molecular weight is 216 g/mol. The molecule has 0 saturated carbocycles. The van der Waals surface area contributed by atoms with Crippen LogP contribution < -0.4 is 0 Å². The van der Waals surface area contributed by atoms with E-state index in [9.17, 15) is 4.79 Å². The van der Waals surface area contributed by atoms with Crippen LogP contribution in [0, 0.1) is 13.8 Å². The highest BCUT2D eigenvalue weighted by Crippen LogP contribution is 2.18. The van der Waals surface area contributed by atoms with Gasteiger partial charge in [-0.25, -0.2) is 9.78 Å². The van der Waals surface area contributed by atoms with Gasteiger partial charge in [0, 0.05) is 6.20 Å². The Morgan fingerprint density at radius 3 is 2.44 bits per heavy atom. The molecule has 0 atom stereocenters. The van der Waals surface area contributed by atoms with E-state index in [-0.39, 0.29) is 5.69 Å². The number of hydrogen-bond acceptors (Lipinski definition) is 2. The van der Waals surface area contributed by atoms with Crippen LogP contribution in [-0.4, -0.2) is 20.6 Å². The van der Waals surface area contributed by atoms with Gasteiger partial charge in [-0.3, -0.25) is 0 Å². The number of aromatic carboxylic acids is 1. The van der Waals surface area contributed by atoms with E-state index in [1.54, 1.807) is 4.57 Å². The molecule has 1 aromatic carbocycles. The van der Waals surface area contributed by atoms with E-state index in [0.717, 1.165) is 16.8 Å². The van der Waals surface area contributed by atoms with E-state index in [4.69, 9.17) is 5.11 Å². The fourth-order valence-corrected chi connectivity index (χ4v) is 1.77. The van der Waals surface area contributed by atoms with Crippen LogP contribution in [0.3, 0.4) is 0 Å². The summed E-state index contributed by atoms with van der Waals surface area (Å²) >= 11 is 0. The summed E-state index contributed by atoms with van der Waals surface area (Å²) in [4.78, 5) is 14.6. The van der Waals surface area contributed by atoms with Crippen LogP contribution in [-0.2, 0) is 0 Å². The number of carboxylic acids is 1. The molecule has 0 spiro atoms. The van der Waals surface area contributed by atoms with Gasteiger partial charge in [-0.2, -0.15) is 0 Å². The molecule has 0 radical (unpaired) electrons. The SMILES string of the molecule is Cc1cccc(C)c1-n1cnc(C(=O)O)c1. The first kappa shape index (κ1) is 10.4. The number of benzene rings is 1. The molecule has 0 saturated heterocycles. The Hall–Kier alpha value is -2.10. The van der Waals surface area contributed by atoms with Crippen LogP contribution in [0.4, 0.5) is 0 Å². The predicted octanol–water partition coefficient (Wildman–Crippen LogP) is 2.19. The molecular weight excluding hydrogens is 204 g/mol. The van der Waals surface area contributed by atoms with Gasteiger partial charge < -0.3 is 9.67 Å². The molecule has 16 heavy (non-hydrogen) atoms. The van der Waals surface area contributed by atoms with Crippen LogP contribution in [0.15, 0.2) is 30.7 Å². The molecule has 2 rings (SSSR count). The minimum absolute atomic E-state index is 0.0580. The second-order valence-electron chi connectivity index (χ2n) is 3.71. The van der Waals surface area contributed by atoms with Gasteiger partial charge in [0.25, 0.3) is 0 Å². The van der Waals surface area contributed by atoms with Crippen molar-refractivity contribution in [1.82, 2.24) is 9.55 Å². The molecule has 0 bridgehead atoms. The molecule has 0 aliphatic heterocycles. The van der Waals surface area contributed by atoms with E-state index >= 15 is 0 Å². The number of aryl methyl sites for hydroxylation is 2. The van der Waals surface area contributed by atoms with Crippen LogP contribution in [0.1, 0.15) is 21.6 Å². The maximum Gasteiger partial charge on any atom is 0.356 e. The number of carboxylic acid groups (broad SMARTS) is 1. The Kier molecular flexibility index (Phi) is 2.48. The van der Waals surface area contributed by atoms with E-state index in [1.165, 1.54) is 12.5 Å². The predicted molar refractivity (Wildman–Crippen MR) is 60.0 cm³/mol. The van der Waals surface area contributed by atoms with Gasteiger partial charge in [0.15, 0.2) is 5.69 Å². The van der Waals surface area contributed by atoms with Crippen LogP contribution in [0.2, 0.25) is 0 Å². The number of imidazole rings is 1. The Morgan fingerprint density at radius 2 is 1.94 bits per heavy atom.